The van der Waals surface area contributed by atoms with E-state index in [1.807, 2.05) is 12.1 Å². The van der Waals surface area contributed by atoms with Crippen LogP contribution in [0.4, 0.5) is 10.1 Å². The van der Waals surface area contributed by atoms with Crippen molar-refractivity contribution in [1.29, 1.82) is 0 Å². The Hall–Kier alpha value is -1.09. The molecule has 1 aliphatic heterocycles. The van der Waals surface area contributed by atoms with E-state index in [1.54, 1.807) is 6.07 Å². The minimum Gasteiger partial charge on any atom is -0.363 e. The molecule has 1 fully saturated rings. The lowest BCUT2D eigenvalue weighted by molar-refractivity contribution is 0.455. The summed E-state index contributed by atoms with van der Waals surface area (Å²) < 4.78 is 13.8. The molecule has 1 aromatic carbocycles. The van der Waals surface area contributed by atoms with Gasteiger partial charge < -0.3 is 10.2 Å². The summed E-state index contributed by atoms with van der Waals surface area (Å²) in [5, 5.41) is 3.39. The first-order chi connectivity index (χ1) is 7.61. The van der Waals surface area contributed by atoms with E-state index in [0.717, 1.165) is 31.7 Å². The number of hydrogen-bond donors (Lipinski definition) is 1. The molecule has 0 atom stereocenters. The zero-order chi connectivity index (χ0) is 11.6. The Morgan fingerprint density at radius 1 is 1.31 bits per heavy atom. The van der Waals surface area contributed by atoms with E-state index in [4.69, 9.17) is 0 Å². The molecule has 0 bridgehead atoms. The molecule has 2 rings (SSSR count). The number of anilines is 1. The second kappa shape index (κ2) is 4.42. The van der Waals surface area contributed by atoms with Gasteiger partial charge in [-0.05, 0) is 38.9 Å². The molecule has 0 radical (unpaired) electrons. The van der Waals surface area contributed by atoms with E-state index >= 15 is 0 Å². The third-order valence-electron chi connectivity index (χ3n) is 3.17. The summed E-state index contributed by atoms with van der Waals surface area (Å²) in [7, 11) is 0. The van der Waals surface area contributed by atoms with Crippen molar-refractivity contribution in [2.75, 3.05) is 24.5 Å². The second-order valence-electron chi connectivity index (χ2n) is 4.95. The lowest BCUT2D eigenvalue weighted by atomic mass is 10.0. The van der Waals surface area contributed by atoms with Crippen LogP contribution in [0.5, 0.6) is 0 Å². The highest BCUT2D eigenvalue weighted by atomic mass is 19.1. The second-order valence-corrected chi connectivity index (χ2v) is 4.95. The summed E-state index contributed by atoms with van der Waals surface area (Å²) in [6.45, 7) is 7.10. The summed E-state index contributed by atoms with van der Waals surface area (Å²) >= 11 is 0. The van der Waals surface area contributed by atoms with Gasteiger partial charge in [-0.15, -0.1) is 0 Å². The summed E-state index contributed by atoms with van der Waals surface area (Å²) in [5.74, 6) is -0.127. The number of para-hydroxylation sites is 1. The first kappa shape index (κ1) is 11.4. The maximum atomic E-state index is 13.8. The van der Waals surface area contributed by atoms with Gasteiger partial charge in [0, 0.05) is 18.6 Å². The number of rotatable bonds is 1. The molecule has 0 aliphatic carbocycles. The number of nitrogens with zero attached hydrogens (tertiary/aromatic N) is 1. The molecule has 1 heterocycles. The van der Waals surface area contributed by atoms with Gasteiger partial charge in [-0.2, -0.15) is 0 Å². The third kappa shape index (κ3) is 2.19. The van der Waals surface area contributed by atoms with Crippen LogP contribution in [0.1, 0.15) is 20.3 Å². The fraction of sp³-hybridized carbons (Fsp3) is 0.538. The van der Waals surface area contributed by atoms with Gasteiger partial charge >= 0.3 is 0 Å². The number of halogens is 1. The molecule has 1 saturated heterocycles. The van der Waals surface area contributed by atoms with Gasteiger partial charge in [-0.1, -0.05) is 12.1 Å². The zero-order valence-electron chi connectivity index (χ0n) is 9.96. The van der Waals surface area contributed by atoms with Crippen molar-refractivity contribution in [2.45, 2.75) is 25.8 Å². The van der Waals surface area contributed by atoms with E-state index in [1.165, 1.54) is 6.07 Å². The van der Waals surface area contributed by atoms with Crippen LogP contribution in [0.15, 0.2) is 24.3 Å². The predicted molar refractivity (Wildman–Crippen MR) is 65.3 cm³/mol. The molecule has 88 valence electrons. The zero-order valence-corrected chi connectivity index (χ0v) is 9.96. The van der Waals surface area contributed by atoms with Gasteiger partial charge in [-0.25, -0.2) is 4.39 Å². The molecular weight excluding hydrogens is 203 g/mol. The van der Waals surface area contributed by atoms with Crippen molar-refractivity contribution < 1.29 is 4.39 Å². The molecule has 0 unspecified atom stereocenters. The lowest BCUT2D eigenvalue weighted by Gasteiger charge is -2.39. The van der Waals surface area contributed by atoms with E-state index in [2.05, 4.69) is 24.1 Å². The largest absolute Gasteiger partial charge is 0.363 e. The lowest BCUT2D eigenvalue weighted by Crippen LogP contribution is -2.49. The van der Waals surface area contributed by atoms with Crippen molar-refractivity contribution in [2.24, 2.45) is 0 Å². The highest BCUT2D eigenvalue weighted by Gasteiger charge is 2.29. The molecule has 0 spiro atoms. The van der Waals surface area contributed by atoms with Gasteiger partial charge in [0.1, 0.15) is 5.82 Å². The smallest absolute Gasteiger partial charge is 0.146 e. The molecule has 0 saturated carbocycles. The molecule has 0 amide bonds. The first-order valence-corrected chi connectivity index (χ1v) is 5.84. The maximum absolute atomic E-state index is 13.8. The molecule has 1 aliphatic rings. The van der Waals surface area contributed by atoms with Crippen LogP contribution >= 0.6 is 0 Å². The normalized spacial score (nSPS) is 20.6. The quantitative estimate of drug-likeness (QED) is 0.785. The average Bonchev–Trinajstić information content (AvgIpc) is 2.40. The van der Waals surface area contributed by atoms with Crippen molar-refractivity contribution in [3.63, 3.8) is 0 Å². The summed E-state index contributed by atoms with van der Waals surface area (Å²) in [6.07, 6.45) is 1.05. The minimum absolute atomic E-state index is 0.0430. The van der Waals surface area contributed by atoms with E-state index < -0.39 is 0 Å². The fourth-order valence-corrected chi connectivity index (χ4v) is 2.27. The highest BCUT2D eigenvalue weighted by molar-refractivity contribution is 5.50. The van der Waals surface area contributed by atoms with Crippen molar-refractivity contribution in [3.8, 4) is 0 Å². The standard InChI is InChI=1S/C13H19FN2/c1-13(2)10-15-8-5-9-16(13)12-7-4-3-6-11(12)14/h3-4,6-7,15H,5,8-10H2,1-2H3. The molecule has 0 aromatic heterocycles. The average molecular weight is 222 g/mol. The van der Waals surface area contributed by atoms with Crippen molar-refractivity contribution >= 4 is 5.69 Å². The third-order valence-corrected chi connectivity index (χ3v) is 3.17. The Morgan fingerprint density at radius 3 is 2.81 bits per heavy atom. The first-order valence-electron chi connectivity index (χ1n) is 5.84. The summed E-state index contributed by atoms with van der Waals surface area (Å²) in [4.78, 5) is 2.17. The topological polar surface area (TPSA) is 15.3 Å². The van der Waals surface area contributed by atoms with Gasteiger partial charge in [0.2, 0.25) is 0 Å². The van der Waals surface area contributed by atoms with Gasteiger partial charge in [0.15, 0.2) is 0 Å². The molecular formula is C13H19FN2. The van der Waals surface area contributed by atoms with Gasteiger partial charge in [0.25, 0.3) is 0 Å². The van der Waals surface area contributed by atoms with Gasteiger partial charge in [0.05, 0.1) is 5.69 Å². The van der Waals surface area contributed by atoms with Crippen LogP contribution in [-0.4, -0.2) is 25.2 Å². The van der Waals surface area contributed by atoms with Crippen molar-refractivity contribution in [1.82, 2.24) is 5.32 Å². The number of hydrogen-bond acceptors (Lipinski definition) is 2. The van der Waals surface area contributed by atoms with Crippen LogP contribution in [0.3, 0.4) is 0 Å². The van der Waals surface area contributed by atoms with Gasteiger partial charge in [-0.3, -0.25) is 0 Å². The molecule has 3 heteroatoms. The molecule has 1 N–H and O–H groups in total. The Morgan fingerprint density at radius 2 is 2.06 bits per heavy atom. The monoisotopic (exact) mass is 222 g/mol. The molecule has 1 aromatic rings. The molecule has 16 heavy (non-hydrogen) atoms. The Balaban J connectivity index is 2.33. The van der Waals surface area contributed by atoms with E-state index in [0.29, 0.717) is 0 Å². The maximum Gasteiger partial charge on any atom is 0.146 e. The van der Waals surface area contributed by atoms with E-state index in [9.17, 15) is 4.39 Å². The Kier molecular flexibility index (Phi) is 3.15. The summed E-state index contributed by atoms with van der Waals surface area (Å²) in [6, 6.07) is 7.03. The van der Waals surface area contributed by atoms with Crippen LogP contribution in [-0.2, 0) is 0 Å². The number of nitrogens with one attached hydrogen (secondary N) is 1. The fourth-order valence-electron chi connectivity index (χ4n) is 2.27. The Bertz CT molecular complexity index is 363. The van der Waals surface area contributed by atoms with Crippen molar-refractivity contribution in [3.05, 3.63) is 30.1 Å². The predicted octanol–water partition coefficient (Wildman–Crippen LogP) is 2.40. The van der Waals surface area contributed by atoms with Crippen LogP contribution in [0, 0.1) is 5.82 Å². The van der Waals surface area contributed by atoms with Crippen LogP contribution in [0.2, 0.25) is 0 Å². The SMILES string of the molecule is CC1(C)CNCCCN1c1ccccc1F. The molecule has 2 nitrogen and oxygen atoms in total. The Labute approximate surface area is 96.5 Å². The van der Waals surface area contributed by atoms with Crippen LogP contribution in [0.25, 0.3) is 0 Å². The van der Waals surface area contributed by atoms with E-state index in [-0.39, 0.29) is 11.4 Å². The van der Waals surface area contributed by atoms with Crippen LogP contribution < -0.4 is 10.2 Å². The minimum atomic E-state index is -0.127. The summed E-state index contributed by atoms with van der Waals surface area (Å²) in [5.41, 5.74) is 0.676. The highest BCUT2D eigenvalue weighted by Crippen LogP contribution is 2.27. The number of benzene rings is 1.